The minimum Gasteiger partial charge on any atom is -0.369 e. The van der Waals surface area contributed by atoms with Crippen LogP contribution in [0.1, 0.15) is 39.5 Å². The first-order valence-electron chi connectivity index (χ1n) is 7.87. The van der Waals surface area contributed by atoms with Crippen LogP contribution >= 0.6 is 15.9 Å². The monoisotopic (exact) mass is 349 g/mol. The minimum absolute atomic E-state index is 0.114. The maximum absolute atomic E-state index is 6.21. The number of halogens is 1. The maximum atomic E-state index is 6.21. The number of hydrogen-bond donors (Lipinski definition) is 1. The van der Waals surface area contributed by atoms with Gasteiger partial charge in [-0.1, -0.05) is 29.8 Å². The zero-order valence-electron chi connectivity index (χ0n) is 12.8. The summed E-state index contributed by atoms with van der Waals surface area (Å²) in [7, 11) is 0. The fourth-order valence-corrected chi connectivity index (χ4v) is 4.10. The Labute approximate surface area is 135 Å². The molecule has 2 aliphatic rings. The van der Waals surface area contributed by atoms with E-state index in [-0.39, 0.29) is 5.54 Å². The van der Waals surface area contributed by atoms with Crippen LogP contribution in [0.2, 0.25) is 0 Å². The Kier molecular flexibility index (Phi) is 4.00. The van der Waals surface area contributed by atoms with Gasteiger partial charge in [0.1, 0.15) is 0 Å². The van der Waals surface area contributed by atoms with Crippen molar-refractivity contribution in [1.82, 2.24) is 0 Å². The third-order valence-corrected chi connectivity index (χ3v) is 5.76. The highest BCUT2D eigenvalue weighted by Gasteiger charge is 2.45. The molecule has 114 valence electrons. The number of guanidine groups is 1. The predicted molar refractivity (Wildman–Crippen MR) is 92.6 cm³/mol. The van der Waals surface area contributed by atoms with Crippen LogP contribution in [0.25, 0.3) is 0 Å². The SMILES string of the molecule is CC(C)C1CCC2(CC1)CN=C(N)N2c1ccc(Br)cc1. The van der Waals surface area contributed by atoms with Gasteiger partial charge >= 0.3 is 0 Å². The molecule has 0 atom stereocenters. The van der Waals surface area contributed by atoms with Gasteiger partial charge in [0.25, 0.3) is 0 Å². The molecule has 4 heteroatoms. The van der Waals surface area contributed by atoms with Gasteiger partial charge < -0.3 is 10.6 Å². The number of hydrogen-bond acceptors (Lipinski definition) is 3. The van der Waals surface area contributed by atoms with E-state index in [0.29, 0.717) is 5.96 Å². The van der Waals surface area contributed by atoms with Crippen LogP contribution in [-0.4, -0.2) is 18.0 Å². The second-order valence-corrected chi connectivity index (χ2v) is 7.71. The summed E-state index contributed by atoms with van der Waals surface area (Å²) in [5.74, 6) is 2.31. The number of anilines is 1. The second-order valence-electron chi connectivity index (χ2n) is 6.79. The van der Waals surface area contributed by atoms with Crippen LogP contribution in [0.4, 0.5) is 5.69 Å². The number of rotatable bonds is 2. The molecule has 0 amide bonds. The first-order chi connectivity index (χ1) is 10.0. The average molecular weight is 350 g/mol. The summed E-state index contributed by atoms with van der Waals surface area (Å²) in [6, 6.07) is 8.42. The maximum Gasteiger partial charge on any atom is 0.196 e. The van der Waals surface area contributed by atoms with E-state index in [0.717, 1.165) is 22.9 Å². The van der Waals surface area contributed by atoms with E-state index in [1.54, 1.807) is 0 Å². The highest BCUT2D eigenvalue weighted by Crippen LogP contribution is 2.43. The molecular formula is C17H24BrN3. The first kappa shape index (κ1) is 14.9. The van der Waals surface area contributed by atoms with E-state index < -0.39 is 0 Å². The summed E-state index contributed by atoms with van der Waals surface area (Å²) in [5, 5.41) is 0. The molecule has 1 saturated carbocycles. The van der Waals surface area contributed by atoms with E-state index >= 15 is 0 Å². The molecule has 1 aliphatic carbocycles. The van der Waals surface area contributed by atoms with Gasteiger partial charge in [0.05, 0.1) is 12.1 Å². The molecule has 0 radical (unpaired) electrons. The summed E-state index contributed by atoms with van der Waals surface area (Å²) in [6.45, 7) is 5.53. The molecule has 1 aromatic carbocycles. The molecule has 0 bridgehead atoms. The van der Waals surface area contributed by atoms with Crippen molar-refractivity contribution in [3.05, 3.63) is 28.7 Å². The van der Waals surface area contributed by atoms with Gasteiger partial charge in [-0.3, -0.25) is 4.99 Å². The molecule has 3 rings (SSSR count). The first-order valence-corrected chi connectivity index (χ1v) is 8.67. The van der Waals surface area contributed by atoms with E-state index in [9.17, 15) is 0 Å². The quantitative estimate of drug-likeness (QED) is 0.870. The summed E-state index contributed by atoms with van der Waals surface area (Å²) < 4.78 is 1.10. The zero-order chi connectivity index (χ0) is 15.0. The average Bonchev–Trinajstić information content (AvgIpc) is 2.78. The third-order valence-electron chi connectivity index (χ3n) is 5.23. The van der Waals surface area contributed by atoms with Gasteiger partial charge in [-0.05, 0) is 61.8 Å². The van der Waals surface area contributed by atoms with Crippen molar-refractivity contribution in [2.45, 2.75) is 45.1 Å². The Morgan fingerprint density at radius 2 is 1.86 bits per heavy atom. The van der Waals surface area contributed by atoms with E-state index in [1.807, 2.05) is 0 Å². The van der Waals surface area contributed by atoms with Crippen LogP contribution in [0, 0.1) is 11.8 Å². The van der Waals surface area contributed by atoms with Gasteiger partial charge in [0, 0.05) is 10.2 Å². The molecule has 1 spiro atoms. The van der Waals surface area contributed by atoms with Crippen LogP contribution < -0.4 is 10.6 Å². The Balaban J connectivity index is 1.84. The Hall–Kier alpha value is -1.03. The zero-order valence-corrected chi connectivity index (χ0v) is 14.4. The molecule has 1 aliphatic heterocycles. The summed E-state index contributed by atoms with van der Waals surface area (Å²) in [4.78, 5) is 6.86. The fourth-order valence-electron chi connectivity index (χ4n) is 3.83. The highest BCUT2D eigenvalue weighted by molar-refractivity contribution is 9.10. The lowest BCUT2D eigenvalue weighted by atomic mass is 9.72. The summed E-state index contributed by atoms with van der Waals surface area (Å²) >= 11 is 3.50. The van der Waals surface area contributed by atoms with E-state index in [1.165, 1.54) is 31.4 Å². The normalized spacial score (nSPS) is 29.2. The largest absolute Gasteiger partial charge is 0.369 e. The lowest BCUT2D eigenvalue weighted by Gasteiger charge is -2.45. The fraction of sp³-hybridized carbons (Fsp3) is 0.588. The number of nitrogens with two attached hydrogens (primary N) is 1. The van der Waals surface area contributed by atoms with Crippen molar-refractivity contribution < 1.29 is 0 Å². The lowest BCUT2D eigenvalue weighted by molar-refractivity contribution is 0.206. The Bertz CT molecular complexity index is 527. The lowest BCUT2D eigenvalue weighted by Crippen LogP contribution is -2.54. The van der Waals surface area contributed by atoms with Crippen molar-refractivity contribution in [2.24, 2.45) is 22.6 Å². The van der Waals surface area contributed by atoms with E-state index in [2.05, 4.69) is 63.9 Å². The molecule has 2 N–H and O–H groups in total. The Morgan fingerprint density at radius 3 is 2.43 bits per heavy atom. The summed E-state index contributed by atoms with van der Waals surface area (Å²) in [5.41, 5.74) is 7.49. The van der Waals surface area contributed by atoms with Crippen LogP contribution in [0.15, 0.2) is 33.7 Å². The topological polar surface area (TPSA) is 41.6 Å². The van der Waals surface area contributed by atoms with Gasteiger partial charge in [-0.2, -0.15) is 0 Å². The van der Waals surface area contributed by atoms with Crippen molar-refractivity contribution in [2.75, 3.05) is 11.4 Å². The number of benzene rings is 1. The van der Waals surface area contributed by atoms with Crippen molar-refractivity contribution in [1.29, 1.82) is 0 Å². The summed E-state index contributed by atoms with van der Waals surface area (Å²) in [6.07, 6.45) is 4.95. The van der Waals surface area contributed by atoms with Crippen LogP contribution in [0.5, 0.6) is 0 Å². The highest BCUT2D eigenvalue weighted by atomic mass is 79.9. The molecule has 0 unspecified atom stereocenters. The van der Waals surface area contributed by atoms with Crippen molar-refractivity contribution >= 4 is 27.6 Å². The molecule has 1 aromatic rings. The number of aliphatic imine (C=N–C) groups is 1. The molecule has 1 fully saturated rings. The molecular weight excluding hydrogens is 326 g/mol. The second kappa shape index (κ2) is 5.64. The molecule has 21 heavy (non-hydrogen) atoms. The van der Waals surface area contributed by atoms with Gasteiger partial charge in [-0.25, -0.2) is 0 Å². The van der Waals surface area contributed by atoms with Crippen molar-refractivity contribution in [3.8, 4) is 0 Å². The van der Waals surface area contributed by atoms with Gasteiger partial charge in [0.2, 0.25) is 0 Å². The molecule has 0 aromatic heterocycles. The van der Waals surface area contributed by atoms with Gasteiger partial charge in [0.15, 0.2) is 5.96 Å². The van der Waals surface area contributed by atoms with E-state index in [4.69, 9.17) is 5.73 Å². The minimum atomic E-state index is 0.114. The van der Waals surface area contributed by atoms with Crippen LogP contribution in [-0.2, 0) is 0 Å². The predicted octanol–water partition coefficient (Wildman–Crippen LogP) is 4.17. The van der Waals surface area contributed by atoms with Gasteiger partial charge in [-0.15, -0.1) is 0 Å². The molecule has 3 nitrogen and oxygen atoms in total. The standard InChI is InChI=1S/C17H24BrN3/c1-12(2)13-7-9-17(10-8-13)11-20-16(19)21(17)15-5-3-14(18)4-6-15/h3-6,12-13H,7-11H2,1-2H3,(H2,19,20). The van der Waals surface area contributed by atoms with Crippen molar-refractivity contribution in [3.63, 3.8) is 0 Å². The third kappa shape index (κ3) is 2.70. The number of nitrogens with zero attached hydrogens (tertiary/aromatic N) is 2. The smallest absolute Gasteiger partial charge is 0.196 e. The molecule has 0 saturated heterocycles. The van der Waals surface area contributed by atoms with Crippen LogP contribution in [0.3, 0.4) is 0 Å². The Morgan fingerprint density at radius 1 is 1.24 bits per heavy atom. The molecule has 1 heterocycles.